The van der Waals surface area contributed by atoms with Gasteiger partial charge in [-0.15, -0.1) is 0 Å². The highest BCUT2D eigenvalue weighted by atomic mass is 19.3. The zero-order valence-electron chi connectivity index (χ0n) is 19.8. The number of fused-ring (bicyclic) bond motifs is 3. The van der Waals surface area contributed by atoms with E-state index in [1.54, 1.807) is 6.92 Å². The minimum Gasteiger partial charge on any atom is -0.206 e. The van der Waals surface area contributed by atoms with Gasteiger partial charge in [0.25, 0.3) is 0 Å². The summed E-state index contributed by atoms with van der Waals surface area (Å²) in [5.74, 6) is -11.2. The van der Waals surface area contributed by atoms with Crippen molar-refractivity contribution >= 4 is 0 Å². The molecule has 0 heterocycles. The lowest BCUT2D eigenvalue weighted by Crippen LogP contribution is -2.41. The minimum atomic E-state index is -4.85. The second-order valence-corrected chi connectivity index (χ2v) is 10.0. The number of halogens is 6. The maximum absolute atomic E-state index is 15.4. The minimum absolute atomic E-state index is 0.0245. The molecule has 2 aromatic carbocycles. The lowest BCUT2D eigenvalue weighted by molar-refractivity contribution is -0.227. The average Bonchev–Trinajstić information content (AvgIpc) is 2.79. The number of hydrogen-bond acceptors (Lipinski definition) is 0. The Balaban J connectivity index is 1.66. The van der Waals surface area contributed by atoms with E-state index in [1.807, 2.05) is 0 Å². The molecule has 0 amide bonds. The Labute approximate surface area is 197 Å². The second kappa shape index (κ2) is 9.58. The second-order valence-electron chi connectivity index (χ2n) is 10.0. The van der Waals surface area contributed by atoms with Gasteiger partial charge >= 0.3 is 11.8 Å². The Hall–Kier alpha value is -1.98. The molecule has 2 aromatic rings. The van der Waals surface area contributed by atoms with Crippen LogP contribution < -0.4 is 0 Å². The molecule has 0 radical (unpaired) electrons. The maximum atomic E-state index is 15.4. The molecule has 4 rings (SSSR count). The quantitative estimate of drug-likeness (QED) is 0.345. The number of rotatable bonds is 7. The van der Waals surface area contributed by atoms with Crippen LogP contribution in [0.25, 0.3) is 11.1 Å². The highest BCUT2D eigenvalue weighted by Crippen LogP contribution is 2.59. The predicted octanol–water partition coefficient (Wildman–Crippen LogP) is 9.32. The molecule has 1 fully saturated rings. The zero-order chi connectivity index (χ0) is 24.7. The van der Waals surface area contributed by atoms with Crippen LogP contribution in [0.15, 0.2) is 24.3 Å². The molecule has 0 unspecified atom stereocenters. The third kappa shape index (κ3) is 4.15. The largest absolute Gasteiger partial charge is 0.343 e. The molecule has 0 nitrogen and oxygen atoms in total. The van der Waals surface area contributed by atoms with Crippen LogP contribution in [-0.4, -0.2) is 0 Å². The average molecular weight is 483 g/mol. The first kappa shape index (κ1) is 25.1. The summed E-state index contributed by atoms with van der Waals surface area (Å²) in [5.41, 5.74) is -3.36. The van der Waals surface area contributed by atoms with Crippen molar-refractivity contribution in [3.63, 3.8) is 0 Å². The first-order chi connectivity index (χ1) is 16.1. The van der Waals surface area contributed by atoms with Crippen LogP contribution >= 0.6 is 0 Å². The van der Waals surface area contributed by atoms with E-state index in [9.17, 15) is 4.39 Å². The van der Waals surface area contributed by atoms with Gasteiger partial charge in [-0.3, -0.25) is 0 Å². The summed E-state index contributed by atoms with van der Waals surface area (Å²) in [6.45, 7) is 3.91. The van der Waals surface area contributed by atoms with Gasteiger partial charge in [-0.05, 0) is 53.4 Å². The van der Waals surface area contributed by atoms with Crippen molar-refractivity contribution in [2.45, 2.75) is 89.9 Å². The third-order valence-electron chi connectivity index (χ3n) is 7.76. The lowest BCUT2D eigenvalue weighted by Gasteiger charge is -2.36. The summed E-state index contributed by atoms with van der Waals surface area (Å²) in [7, 11) is 0. The van der Waals surface area contributed by atoms with Gasteiger partial charge in [0.2, 0.25) is 0 Å². The van der Waals surface area contributed by atoms with Crippen LogP contribution in [0.3, 0.4) is 0 Å². The molecular weight excluding hydrogens is 450 g/mol. The molecule has 2 aliphatic carbocycles. The fourth-order valence-corrected chi connectivity index (χ4v) is 5.85. The molecular formula is C28H32F6. The number of benzene rings is 2. The van der Waals surface area contributed by atoms with Gasteiger partial charge in [0.1, 0.15) is 11.6 Å². The fraction of sp³-hybridized carbons (Fsp3) is 0.571. The molecule has 0 aromatic heterocycles. The normalized spacial score (nSPS) is 22.8. The van der Waals surface area contributed by atoms with Crippen molar-refractivity contribution in [1.82, 2.24) is 0 Å². The highest BCUT2D eigenvalue weighted by molar-refractivity contribution is 5.77. The van der Waals surface area contributed by atoms with Crippen LogP contribution in [0.1, 0.15) is 87.5 Å². The molecule has 0 atom stereocenters. The lowest BCUT2D eigenvalue weighted by atomic mass is 9.76. The Bertz CT molecular complexity index is 1030. The van der Waals surface area contributed by atoms with E-state index in [0.29, 0.717) is 18.8 Å². The topological polar surface area (TPSA) is 0 Å². The molecule has 6 heteroatoms. The summed E-state index contributed by atoms with van der Waals surface area (Å²) in [4.78, 5) is 0. The van der Waals surface area contributed by atoms with Crippen LogP contribution in [0.4, 0.5) is 26.3 Å². The highest BCUT2D eigenvalue weighted by Gasteiger charge is 2.65. The van der Waals surface area contributed by atoms with Gasteiger partial charge in [0.05, 0.1) is 11.1 Å². The zero-order valence-corrected chi connectivity index (χ0v) is 19.8. The number of alkyl halides is 4. The van der Waals surface area contributed by atoms with Gasteiger partial charge in [-0.1, -0.05) is 83.1 Å². The molecule has 186 valence electrons. The molecule has 0 aliphatic heterocycles. The summed E-state index contributed by atoms with van der Waals surface area (Å²) in [6, 6.07) is 5.21. The summed E-state index contributed by atoms with van der Waals surface area (Å²) >= 11 is 0. The van der Waals surface area contributed by atoms with Crippen LogP contribution in [-0.2, 0) is 24.7 Å². The Morgan fingerprint density at radius 1 is 0.647 bits per heavy atom. The van der Waals surface area contributed by atoms with Gasteiger partial charge in [-0.25, -0.2) is 8.78 Å². The Morgan fingerprint density at radius 3 is 1.53 bits per heavy atom. The van der Waals surface area contributed by atoms with Crippen LogP contribution in [0, 0.1) is 23.5 Å². The standard InChI is InChI=1S/C28H32F6/c1-3-5-17-7-9-18(10-8-17)11-12-20-14-16-22-21-15-13-19(6-4-2)25(29)23(21)27(31,32)28(33,34)24(22)26(20)30/h13-18H,3-12H2,1-2H3. The van der Waals surface area contributed by atoms with E-state index < -0.39 is 34.6 Å². The van der Waals surface area contributed by atoms with Crippen LogP contribution in [0.5, 0.6) is 0 Å². The van der Waals surface area contributed by atoms with E-state index in [1.165, 1.54) is 30.7 Å². The number of aryl methyl sites for hydroxylation is 2. The molecule has 34 heavy (non-hydrogen) atoms. The van der Waals surface area contributed by atoms with E-state index in [4.69, 9.17) is 0 Å². The third-order valence-corrected chi connectivity index (χ3v) is 7.76. The van der Waals surface area contributed by atoms with Gasteiger partial charge in [0, 0.05) is 0 Å². The predicted molar refractivity (Wildman–Crippen MR) is 122 cm³/mol. The number of hydrogen-bond donors (Lipinski definition) is 0. The fourth-order valence-electron chi connectivity index (χ4n) is 5.85. The van der Waals surface area contributed by atoms with Gasteiger partial charge in [0.15, 0.2) is 0 Å². The van der Waals surface area contributed by atoms with Gasteiger partial charge in [-0.2, -0.15) is 17.6 Å². The Morgan fingerprint density at radius 2 is 1.09 bits per heavy atom. The summed E-state index contributed by atoms with van der Waals surface area (Å²) < 4.78 is 90.8. The molecule has 0 N–H and O–H groups in total. The smallest absolute Gasteiger partial charge is 0.206 e. The molecule has 1 saturated carbocycles. The Kier molecular flexibility index (Phi) is 7.08. The van der Waals surface area contributed by atoms with Crippen molar-refractivity contribution in [3.05, 3.63) is 58.2 Å². The van der Waals surface area contributed by atoms with E-state index in [0.717, 1.165) is 38.0 Å². The first-order valence-electron chi connectivity index (χ1n) is 12.5. The SMILES string of the molecule is CCCc1ccc2c(c1F)C(F)(F)C(F)(F)c1c-2ccc(CCC2CCC(CCC)CC2)c1F. The summed E-state index contributed by atoms with van der Waals surface area (Å²) in [6.07, 6.45) is 8.15. The molecule has 0 spiro atoms. The first-order valence-corrected chi connectivity index (χ1v) is 12.5. The van der Waals surface area contributed by atoms with Crippen molar-refractivity contribution in [2.75, 3.05) is 0 Å². The van der Waals surface area contributed by atoms with E-state index in [2.05, 4.69) is 6.92 Å². The van der Waals surface area contributed by atoms with E-state index in [-0.39, 0.29) is 35.1 Å². The molecule has 0 bridgehead atoms. The van der Waals surface area contributed by atoms with Crippen molar-refractivity contribution in [3.8, 4) is 11.1 Å². The maximum Gasteiger partial charge on any atom is 0.343 e. The molecule has 2 aliphatic rings. The summed E-state index contributed by atoms with van der Waals surface area (Å²) in [5, 5.41) is 0. The monoisotopic (exact) mass is 482 g/mol. The van der Waals surface area contributed by atoms with Gasteiger partial charge < -0.3 is 0 Å². The van der Waals surface area contributed by atoms with Crippen molar-refractivity contribution in [2.24, 2.45) is 11.8 Å². The van der Waals surface area contributed by atoms with Crippen LogP contribution in [0.2, 0.25) is 0 Å². The molecule has 0 saturated heterocycles. The van der Waals surface area contributed by atoms with Crippen molar-refractivity contribution < 1.29 is 26.3 Å². The van der Waals surface area contributed by atoms with E-state index >= 15 is 22.0 Å². The van der Waals surface area contributed by atoms with Crippen molar-refractivity contribution in [1.29, 1.82) is 0 Å².